The first-order valence-electron chi connectivity index (χ1n) is 8.65. The molecule has 0 bridgehead atoms. The maximum atomic E-state index is 11.8. The van der Waals surface area contributed by atoms with E-state index in [9.17, 15) is 4.79 Å². The van der Waals surface area contributed by atoms with Crippen LogP contribution in [0.5, 0.6) is 0 Å². The SMILES string of the molecule is CCCCC(CC)CNC(=NCC(=O)NC(C)(C)C)NCC.I. The highest BCUT2D eigenvalue weighted by Gasteiger charge is 2.13. The van der Waals surface area contributed by atoms with E-state index < -0.39 is 0 Å². The highest BCUT2D eigenvalue weighted by molar-refractivity contribution is 14.0. The first kappa shape index (κ1) is 24.7. The van der Waals surface area contributed by atoms with E-state index >= 15 is 0 Å². The Labute approximate surface area is 159 Å². The quantitative estimate of drug-likeness (QED) is 0.293. The average molecular weight is 440 g/mol. The molecule has 23 heavy (non-hydrogen) atoms. The number of halogens is 1. The molecule has 0 fully saturated rings. The van der Waals surface area contributed by atoms with Gasteiger partial charge in [0.2, 0.25) is 5.91 Å². The van der Waals surface area contributed by atoms with E-state index in [1.165, 1.54) is 19.3 Å². The van der Waals surface area contributed by atoms with Crippen molar-refractivity contribution in [1.29, 1.82) is 0 Å². The van der Waals surface area contributed by atoms with Gasteiger partial charge in [-0.1, -0.05) is 33.1 Å². The van der Waals surface area contributed by atoms with E-state index in [0.29, 0.717) is 5.92 Å². The van der Waals surface area contributed by atoms with E-state index in [1.54, 1.807) is 0 Å². The van der Waals surface area contributed by atoms with E-state index in [1.807, 2.05) is 27.7 Å². The van der Waals surface area contributed by atoms with Gasteiger partial charge in [-0.3, -0.25) is 4.79 Å². The van der Waals surface area contributed by atoms with Crippen LogP contribution in [0.25, 0.3) is 0 Å². The van der Waals surface area contributed by atoms with Crippen molar-refractivity contribution < 1.29 is 4.79 Å². The van der Waals surface area contributed by atoms with Crippen molar-refractivity contribution in [2.75, 3.05) is 19.6 Å². The normalized spacial score (nSPS) is 13.0. The van der Waals surface area contributed by atoms with Crippen LogP contribution in [0.15, 0.2) is 4.99 Å². The summed E-state index contributed by atoms with van der Waals surface area (Å²) < 4.78 is 0. The monoisotopic (exact) mass is 440 g/mol. The lowest BCUT2D eigenvalue weighted by atomic mass is 9.99. The number of nitrogens with zero attached hydrogens (tertiary/aromatic N) is 1. The molecule has 3 N–H and O–H groups in total. The van der Waals surface area contributed by atoms with E-state index in [0.717, 1.165) is 25.5 Å². The predicted molar refractivity (Wildman–Crippen MR) is 111 cm³/mol. The Morgan fingerprint density at radius 3 is 2.26 bits per heavy atom. The molecule has 0 heterocycles. The molecule has 0 saturated carbocycles. The van der Waals surface area contributed by atoms with Crippen molar-refractivity contribution in [2.24, 2.45) is 10.9 Å². The summed E-state index contributed by atoms with van der Waals surface area (Å²) in [4.78, 5) is 16.2. The average Bonchev–Trinajstić information content (AvgIpc) is 2.42. The van der Waals surface area contributed by atoms with Crippen molar-refractivity contribution in [3.63, 3.8) is 0 Å². The highest BCUT2D eigenvalue weighted by Crippen LogP contribution is 2.11. The van der Waals surface area contributed by atoms with E-state index in [-0.39, 0.29) is 42.0 Å². The molecule has 0 spiro atoms. The number of aliphatic imine (C=N–C) groups is 1. The third-order valence-corrected chi connectivity index (χ3v) is 3.34. The maximum absolute atomic E-state index is 11.8. The fraction of sp³-hybridized carbons (Fsp3) is 0.882. The van der Waals surface area contributed by atoms with Gasteiger partial charge in [0.1, 0.15) is 6.54 Å². The van der Waals surface area contributed by atoms with Gasteiger partial charge in [0.25, 0.3) is 0 Å². The highest BCUT2D eigenvalue weighted by atomic mass is 127. The van der Waals surface area contributed by atoms with Crippen LogP contribution in [-0.2, 0) is 4.79 Å². The number of hydrogen-bond donors (Lipinski definition) is 3. The van der Waals surface area contributed by atoms with Crippen LogP contribution in [-0.4, -0.2) is 37.0 Å². The zero-order valence-electron chi connectivity index (χ0n) is 15.8. The van der Waals surface area contributed by atoms with Crippen molar-refractivity contribution in [2.45, 2.75) is 72.8 Å². The summed E-state index contributed by atoms with van der Waals surface area (Å²) in [6.45, 7) is 14.2. The summed E-state index contributed by atoms with van der Waals surface area (Å²) >= 11 is 0. The number of rotatable bonds is 9. The van der Waals surface area contributed by atoms with Gasteiger partial charge in [0.15, 0.2) is 5.96 Å². The summed E-state index contributed by atoms with van der Waals surface area (Å²) in [5.41, 5.74) is -0.216. The van der Waals surface area contributed by atoms with Crippen LogP contribution in [0.1, 0.15) is 67.2 Å². The molecule has 0 rings (SSSR count). The summed E-state index contributed by atoms with van der Waals surface area (Å²) in [5, 5.41) is 9.47. The minimum Gasteiger partial charge on any atom is -0.357 e. The standard InChI is InChI=1S/C17H36N4O.HI/c1-7-10-11-14(8-2)12-19-16(18-9-3)20-13-15(22)21-17(4,5)6;/h14H,7-13H2,1-6H3,(H,21,22)(H2,18,19,20);1H. The number of guanidine groups is 1. The Morgan fingerprint density at radius 2 is 1.78 bits per heavy atom. The lowest BCUT2D eigenvalue weighted by molar-refractivity contribution is -0.121. The molecular weight excluding hydrogens is 403 g/mol. The van der Waals surface area contributed by atoms with Gasteiger partial charge in [0, 0.05) is 18.6 Å². The number of unbranched alkanes of at least 4 members (excludes halogenated alkanes) is 1. The molecule has 0 aromatic rings. The zero-order valence-corrected chi connectivity index (χ0v) is 18.1. The number of nitrogens with one attached hydrogen (secondary N) is 3. The molecule has 0 aromatic heterocycles. The zero-order chi connectivity index (χ0) is 17.0. The van der Waals surface area contributed by atoms with Crippen molar-refractivity contribution in [3.8, 4) is 0 Å². The molecule has 0 aliphatic rings. The summed E-state index contributed by atoms with van der Waals surface area (Å²) in [6, 6.07) is 0. The van der Waals surface area contributed by atoms with Gasteiger partial charge < -0.3 is 16.0 Å². The predicted octanol–water partition coefficient (Wildman–Crippen LogP) is 3.29. The summed E-state index contributed by atoms with van der Waals surface area (Å²) in [5.74, 6) is 1.33. The van der Waals surface area contributed by atoms with Crippen molar-refractivity contribution in [1.82, 2.24) is 16.0 Å². The van der Waals surface area contributed by atoms with Crippen LogP contribution in [0.2, 0.25) is 0 Å². The smallest absolute Gasteiger partial charge is 0.242 e. The van der Waals surface area contributed by atoms with Gasteiger partial charge in [-0.2, -0.15) is 0 Å². The second-order valence-electron chi connectivity index (χ2n) is 6.79. The molecule has 6 heteroatoms. The molecule has 0 aliphatic carbocycles. The van der Waals surface area contributed by atoms with Crippen LogP contribution >= 0.6 is 24.0 Å². The third-order valence-electron chi connectivity index (χ3n) is 3.34. The number of amides is 1. The van der Waals surface area contributed by atoms with Crippen LogP contribution in [0, 0.1) is 5.92 Å². The molecule has 1 amide bonds. The molecule has 0 radical (unpaired) electrons. The van der Waals surface area contributed by atoms with Gasteiger partial charge in [-0.15, -0.1) is 24.0 Å². The summed E-state index contributed by atoms with van der Waals surface area (Å²) in [7, 11) is 0. The Hall–Kier alpha value is -0.530. The fourth-order valence-electron chi connectivity index (χ4n) is 2.13. The lowest BCUT2D eigenvalue weighted by Gasteiger charge is -2.20. The molecule has 0 saturated heterocycles. The Balaban J connectivity index is 0. The van der Waals surface area contributed by atoms with E-state index in [4.69, 9.17) is 0 Å². The van der Waals surface area contributed by atoms with Gasteiger partial charge in [-0.05, 0) is 40.0 Å². The molecule has 0 aromatic carbocycles. The largest absolute Gasteiger partial charge is 0.357 e. The first-order chi connectivity index (χ1) is 10.3. The van der Waals surface area contributed by atoms with Gasteiger partial charge >= 0.3 is 0 Å². The minimum atomic E-state index is -0.216. The first-order valence-corrected chi connectivity index (χ1v) is 8.65. The number of carbonyl (C=O) groups excluding carboxylic acids is 1. The maximum Gasteiger partial charge on any atom is 0.242 e. The Kier molecular flexibility index (Phi) is 14.9. The number of hydrogen-bond acceptors (Lipinski definition) is 2. The van der Waals surface area contributed by atoms with Gasteiger partial charge in [-0.25, -0.2) is 4.99 Å². The molecule has 1 unspecified atom stereocenters. The Morgan fingerprint density at radius 1 is 1.13 bits per heavy atom. The van der Waals surface area contributed by atoms with E-state index in [2.05, 4.69) is 34.8 Å². The van der Waals surface area contributed by atoms with Crippen LogP contribution in [0.4, 0.5) is 0 Å². The van der Waals surface area contributed by atoms with Crippen LogP contribution in [0.3, 0.4) is 0 Å². The minimum absolute atomic E-state index is 0. The van der Waals surface area contributed by atoms with Crippen molar-refractivity contribution in [3.05, 3.63) is 0 Å². The second-order valence-corrected chi connectivity index (χ2v) is 6.79. The molecule has 138 valence electrons. The molecular formula is C17H37IN4O. The molecule has 0 aliphatic heterocycles. The summed E-state index contributed by atoms with van der Waals surface area (Å²) in [6.07, 6.45) is 4.90. The van der Waals surface area contributed by atoms with Crippen LogP contribution < -0.4 is 16.0 Å². The third kappa shape index (κ3) is 14.8. The topological polar surface area (TPSA) is 65.5 Å². The fourth-order valence-corrected chi connectivity index (χ4v) is 2.13. The van der Waals surface area contributed by atoms with Crippen molar-refractivity contribution >= 4 is 35.8 Å². The van der Waals surface area contributed by atoms with Gasteiger partial charge in [0.05, 0.1) is 0 Å². The molecule has 5 nitrogen and oxygen atoms in total. The number of carbonyl (C=O) groups is 1. The lowest BCUT2D eigenvalue weighted by Crippen LogP contribution is -2.43. The molecule has 1 atom stereocenters. The Bertz CT molecular complexity index is 340. The second kappa shape index (κ2) is 13.9.